The van der Waals surface area contributed by atoms with Gasteiger partial charge in [-0.05, 0) is 25.7 Å². The van der Waals surface area contributed by atoms with E-state index in [-0.39, 0.29) is 6.54 Å². The highest BCUT2D eigenvalue weighted by molar-refractivity contribution is 5.83. The summed E-state index contributed by atoms with van der Waals surface area (Å²) < 4.78 is 48.5. The van der Waals surface area contributed by atoms with Gasteiger partial charge in [0, 0.05) is 6.54 Å². The lowest BCUT2D eigenvalue weighted by atomic mass is 10.1. The average Bonchev–Trinajstić information content (AvgIpc) is 2.70. The molecule has 1 aliphatic rings. The summed E-state index contributed by atoms with van der Waals surface area (Å²) in [6.45, 7) is -0.0209. The van der Waals surface area contributed by atoms with Crippen LogP contribution in [0.1, 0.15) is 25.7 Å². The Balaban J connectivity index is 2.29. The van der Waals surface area contributed by atoms with Gasteiger partial charge in [-0.15, -0.1) is 0 Å². The molecule has 0 atom stereocenters. The number of carbonyl (C=O) groups is 1. The quantitative estimate of drug-likeness (QED) is 0.579. The number of alkyl halides is 4. The van der Waals surface area contributed by atoms with Crippen molar-refractivity contribution in [3.8, 4) is 0 Å². The van der Waals surface area contributed by atoms with Gasteiger partial charge in [0.05, 0.1) is 0 Å². The predicted molar refractivity (Wildman–Crippen MR) is 50.5 cm³/mol. The number of rotatable bonds is 5. The van der Waals surface area contributed by atoms with Gasteiger partial charge in [0.2, 0.25) is 0 Å². The van der Waals surface area contributed by atoms with Gasteiger partial charge in [0.25, 0.3) is 5.91 Å². The molecule has 0 bridgehead atoms. The topological polar surface area (TPSA) is 29.1 Å². The van der Waals surface area contributed by atoms with E-state index in [0.717, 1.165) is 24.8 Å². The molecule has 0 aromatic heterocycles. The molecule has 0 fully saturated rings. The molecule has 92 valence electrons. The Hall–Kier alpha value is -1.07. The first-order chi connectivity index (χ1) is 7.44. The summed E-state index contributed by atoms with van der Waals surface area (Å²) in [5, 5.41) is 1.82. The van der Waals surface area contributed by atoms with Gasteiger partial charge in [0.1, 0.15) is 0 Å². The second kappa shape index (κ2) is 5.32. The van der Waals surface area contributed by atoms with Gasteiger partial charge in [0.15, 0.2) is 0 Å². The maximum Gasteiger partial charge on any atom is 0.383 e. The van der Waals surface area contributed by atoms with Crippen molar-refractivity contribution in [3.05, 3.63) is 11.6 Å². The third kappa shape index (κ3) is 3.21. The van der Waals surface area contributed by atoms with Crippen molar-refractivity contribution < 1.29 is 22.4 Å². The number of hydrogen-bond donors (Lipinski definition) is 1. The zero-order chi connectivity index (χ0) is 12.2. The molecule has 0 saturated heterocycles. The number of allylic oxidation sites excluding steroid dienone is 1. The van der Waals surface area contributed by atoms with Crippen molar-refractivity contribution in [1.82, 2.24) is 5.32 Å². The van der Waals surface area contributed by atoms with E-state index in [1.165, 1.54) is 0 Å². The average molecular weight is 239 g/mol. The van der Waals surface area contributed by atoms with Gasteiger partial charge < -0.3 is 5.32 Å². The molecule has 0 heterocycles. The Morgan fingerprint density at radius 1 is 1.50 bits per heavy atom. The van der Waals surface area contributed by atoms with Crippen molar-refractivity contribution in [2.24, 2.45) is 0 Å². The minimum atomic E-state index is -4.59. The van der Waals surface area contributed by atoms with Crippen LogP contribution in [0.25, 0.3) is 0 Å². The fourth-order valence-electron chi connectivity index (χ4n) is 1.52. The SMILES string of the molecule is O=C(NCCC1=CCCC1)C(F)(F)C(F)F. The van der Waals surface area contributed by atoms with Gasteiger partial charge in [-0.25, -0.2) is 8.78 Å². The summed E-state index contributed by atoms with van der Waals surface area (Å²) >= 11 is 0. The predicted octanol–water partition coefficient (Wildman–Crippen LogP) is 2.50. The van der Waals surface area contributed by atoms with Crippen LogP contribution in [0.4, 0.5) is 17.6 Å². The Bertz CT molecular complexity index is 289. The van der Waals surface area contributed by atoms with Gasteiger partial charge in [-0.1, -0.05) is 11.6 Å². The van der Waals surface area contributed by atoms with Crippen LogP contribution < -0.4 is 5.32 Å². The summed E-state index contributed by atoms with van der Waals surface area (Å²) in [4.78, 5) is 10.7. The molecule has 2 nitrogen and oxygen atoms in total. The van der Waals surface area contributed by atoms with Crippen molar-refractivity contribution in [1.29, 1.82) is 0 Å². The standard InChI is InChI=1S/C10H13F4NO/c11-8(12)10(13,14)9(16)15-6-5-7-3-1-2-4-7/h3,8H,1-2,4-6H2,(H,15,16). The first-order valence-corrected chi connectivity index (χ1v) is 5.06. The summed E-state index contributed by atoms with van der Waals surface area (Å²) in [6.07, 6.45) is 1.34. The maximum absolute atomic E-state index is 12.5. The summed E-state index contributed by atoms with van der Waals surface area (Å²) in [5.74, 6) is -6.49. The van der Waals surface area contributed by atoms with Crippen molar-refractivity contribution in [2.45, 2.75) is 38.0 Å². The Morgan fingerprint density at radius 3 is 2.69 bits per heavy atom. The van der Waals surface area contributed by atoms with Crippen LogP contribution in [0, 0.1) is 0 Å². The fourth-order valence-corrected chi connectivity index (χ4v) is 1.52. The molecule has 0 aliphatic heterocycles. The summed E-state index contributed by atoms with van der Waals surface area (Å²) in [6, 6.07) is 0. The molecule has 0 aromatic carbocycles. The van der Waals surface area contributed by atoms with Gasteiger partial charge in [-0.2, -0.15) is 8.78 Å². The molecular formula is C10H13F4NO. The molecule has 6 heteroatoms. The monoisotopic (exact) mass is 239 g/mol. The van der Waals surface area contributed by atoms with Crippen molar-refractivity contribution in [2.75, 3.05) is 6.54 Å². The lowest BCUT2D eigenvalue weighted by Crippen LogP contribution is -2.45. The number of hydrogen-bond acceptors (Lipinski definition) is 1. The molecular weight excluding hydrogens is 226 g/mol. The van der Waals surface area contributed by atoms with Crippen LogP contribution in [0.5, 0.6) is 0 Å². The Morgan fingerprint density at radius 2 is 2.19 bits per heavy atom. The number of carbonyl (C=O) groups excluding carboxylic acids is 1. The third-order valence-corrected chi connectivity index (χ3v) is 2.44. The van der Waals surface area contributed by atoms with E-state index in [2.05, 4.69) is 0 Å². The second-order valence-corrected chi connectivity index (χ2v) is 3.68. The third-order valence-electron chi connectivity index (χ3n) is 2.44. The lowest BCUT2D eigenvalue weighted by Gasteiger charge is -2.14. The van der Waals surface area contributed by atoms with Crippen LogP contribution in [-0.2, 0) is 4.79 Å². The smallest absolute Gasteiger partial charge is 0.350 e. The maximum atomic E-state index is 12.5. The molecule has 1 rings (SSSR count). The molecule has 1 aliphatic carbocycles. The summed E-state index contributed by atoms with van der Waals surface area (Å²) in [5.41, 5.74) is 1.08. The van der Waals surface area contributed by atoms with Crippen molar-refractivity contribution >= 4 is 5.91 Å². The molecule has 0 spiro atoms. The molecule has 1 N–H and O–H groups in total. The van der Waals surface area contributed by atoms with Crippen molar-refractivity contribution in [3.63, 3.8) is 0 Å². The normalized spacial score (nSPS) is 16.4. The molecule has 16 heavy (non-hydrogen) atoms. The van der Waals surface area contributed by atoms with Crippen LogP contribution in [0.2, 0.25) is 0 Å². The highest BCUT2D eigenvalue weighted by atomic mass is 19.3. The molecule has 0 saturated carbocycles. The van der Waals surface area contributed by atoms with Gasteiger partial charge >= 0.3 is 12.3 Å². The largest absolute Gasteiger partial charge is 0.383 e. The second-order valence-electron chi connectivity index (χ2n) is 3.68. The molecule has 0 unspecified atom stereocenters. The zero-order valence-electron chi connectivity index (χ0n) is 8.61. The highest BCUT2D eigenvalue weighted by Crippen LogP contribution is 2.23. The van der Waals surface area contributed by atoms with Crippen LogP contribution in [0.15, 0.2) is 11.6 Å². The van der Waals surface area contributed by atoms with Crippen LogP contribution in [0.3, 0.4) is 0 Å². The van der Waals surface area contributed by atoms with E-state index >= 15 is 0 Å². The summed E-state index contributed by atoms with van der Waals surface area (Å²) in [7, 11) is 0. The molecule has 1 amide bonds. The lowest BCUT2D eigenvalue weighted by molar-refractivity contribution is -0.169. The fraction of sp³-hybridized carbons (Fsp3) is 0.700. The van der Waals surface area contributed by atoms with Crippen LogP contribution >= 0.6 is 0 Å². The van der Waals surface area contributed by atoms with E-state index in [1.54, 1.807) is 0 Å². The molecule has 0 radical (unpaired) electrons. The van der Waals surface area contributed by atoms with Crippen LogP contribution in [-0.4, -0.2) is 24.8 Å². The van der Waals surface area contributed by atoms with E-state index in [4.69, 9.17) is 0 Å². The first kappa shape index (κ1) is 13.0. The number of amides is 1. The highest BCUT2D eigenvalue weighted by Gasteiger charge is 2.48. The van der Waals surface area contributed by atoms with E-state index < -0.39 is 18.3 Å². The van der Waals surface area contributed by atoms with Gasteiger partial charge in [-0.3, -0.25) is 4.79 Å². The minimum absolute atomic E-state index is 0.0209. The molecule has 0 aromatic rings. The first-order valence-electron chi connectivity index (χ1n) is 5.06. The minimum Gasteiger partial charge on any atom is -0.350 e. The zero-order valence-corrected chi connectivity index (χ0v) is 8.61. The Labute approximate surface area is 90.7 Å². The number of halogens is 4. The van der Waals surface area contributed by atoms with E-state index in [0.29, 0.717) is 6.42 Å². The van der Waals surface area contributed by atoms with E-state index in [1.807, 2.05) is 11.4 Å². The van der Waals surface area contributed by atoms with E-state index in [9.17, 15) is 22.4 Å². The number of nitrogens with one attached hydrogen (secondary N) is 1. The Kier molecular flexibility index (Phi) is 4.32.